The molecule has 3 rings (SSSR count). The van der Waals surface area contributed by atoms with E-state index in [1.165, 1.54) is 38.4 Å². The van der Waals surface area contributed by atoms with Crippen LogP contribution >= 0.6 is 0 Å². The van der Waals surface area contributed by atoms with Crippen LogP contribution in [0.3, 0.4) is 0 Å². The van der Waals surface area contributed by atoms with E-state index in [0.717, 1.165) is 4.68 Å². The second-order valence-corrected chi connectivity index (χ2v) is 6.77. The molecule has 2 amide bonds. The standard InChI is InChI=1S/C19H19F3N4O5/c1-9-15(18(29)24-13(7-27)17(23)28)12-5-11(3-4-14(12)31-9)30-8-10-6-26(2)25-16(10)19(20,21)22/h3-6,13,27H,7-8H2,1-2H3,(H2,23,28)(H,24,29)/t13-/m0/s1. The van der Waals surface area contributed by atoms with E-state index in [1.807, 2.05) is 0 Å². The van der Waals surface area contributed by atoms with Crippen molar-refractivity contribution in [2.24, 2.45) is 12.8 Å². The van der Waals surface area contributed by atoms with Gasteiger partial charge in [0.25, 0.3) is 5.91 Å². The van der Waals surface area contributed by atoms with Gasteiger partial charge in [-0.25, -0.2) is 0 Å². The van der Waals surface area contributed by atoms with Gasteiger partial charge in [0, 0.05) is 24.2 Å². The molecule has 0 bridgehead atoms. The molecule has 2 aromatic heterocycles. The van der Waals surface area contributed by atoms with Gasteiger partial charge in [0.1, 0.15) is 29.7 Å². The zero-order valence-electron chi connectivity index (χ0n) is 16.5. The first-order valence-electron chi connectivity index (χ1n) is 8.98. The van der Waals surface area contributed by atoms with Gasteiger partial charge in [-0.2, -0.15) is 18.3 Å². The van der Waals surface area contributed by atoms with Crippen molar-refractivity contribution in [1.29, 1.82) is 0 Å². The number of alkyl halides is 3. The van der Waals surface area contributed by atoms with Crippen LogP contribution in [0.5, 0.6) is 5.75 Å². The number of aryl methyl sites for hydroxylation is 2. The van der Waals surface area contributed by atoms with Crippen LogP contribution in [0, 0.1) is 6.92 Å². The number of nitrogens with zero attached hydrogens (tertiary/aromatic N) is 2. The summed E-state index contributed by atoms with van der Waals surface area (Å²) in [4.78, 5) is 23.9. The number of hydrogen-bond donors (Lipinski definition) is 3. The highest BCUT2D eigenvalue weighted by Gasteiger charge is 2.37. The molecule has 4 N–H and O–H groups in total. The molecule has 0 saturated heterocycles. The lowest BCUT2D eigenvalue weighted by molar-refractivity contribution is -0.142. The highest BCUT2D eigenvalue weighted by Crippen LogP contribution is 2.32. The largest absolute Gasteiger partial charge is 0.489 e. The molecular formula is C19H19F3N4O5. The molecule has 0 saturated carbocycles. The van der Waals surface area contributed by atoms with Crippen LogP contribution in [-0.4, -0.2) is 39.4 Å². The highest BCUT2D eigenvalue weighted by molar-refractivity contribution is 6.08. The number of hydrogen-bond acceptors (Lipinski definition) is 6. The van der Waals surface area contributed by atoms with E-state index >= 15 is 0 Å². The Morgan fingerprint density at radius 3 is 2.71 bits per heavy atom. The molecule has 0 fully saturated rings. The van der Waals surface area contributed by atoms with Crippen molar-refractivity contribution in [1.82, 2.24) is 15.1 Å². The van der Waals surface area contributed by atoms with Crippen LogP contribution in [0.2, 0.25) is 0 Å². The zero-order chi connectivity index (χ0) is 22.9. The Morgan fingerprint density at radius 1 is 1.39 bits per heavy atom. The molecule has 9 nitrogen and oxygen atoms in total. The summed E-state index contributed by atoms with van der Waals surface area (Å²) >= 11 is 0. The zero-order valence-corrected chi connectivity index (χ0v) is 16.5. The smallest absolute Gasteiger partial charge is 0.435 e. The molecule has 0 radical (unpaired) electrons. The van der Waals surface area contributed by atoms with Gasteiger partial charge < -0.3 is 25.3 Å². The number of carbonyl (C=O) groups excluding carboxylic acids is 2. The quantitative estimate of drug-likeness (QED) is 0.512. The number of aromatic nitrogens is 2. The molecule has 0 aliphatic rings. The summed E-state index contributed by atoms with van der Waals surface area (Å²) in [6.07, 6.45) is -3.42. The Balaban J connectivity index is 1.87. The number of nitrogens with two attached hydrogens (primary N) is 1. The second kappa shape index (κ2) is 8.30. The van der Waals surface area contributed by atoms with Gasteiger partial charge in [0.05, 0.1) is 12.2 Å². The molecular weight excluding hydrogens is 421 g/mol. The molecule has 0 aliphatic heterocycles. The summed E-state index contributed by atoms with van der Waals surface area (Å²) in [5, 5.41) is 15.2. The molecule has 0 spiro atoms. The summed E-state index contributed by atoms with van der Waals surface area (Å²) in [6, 6.07) is 3.13. The summed E-state index contributed by atoms with van der Waals surface area (Å²) < 4.78 is 51.3. The van der Waals surface area contributed by atoms with Gasteiger partial charge >= 0.3 is 6.18 Å². The Morgan fingerprint density at radius 2 is 2.10 bits per heavy atom. The topological polar surface area (TPSA) is 133 Å². The summed E-state index contributed by atoms with van der Waals surface area (Å²) in [6.45, 7) is 0.441. The van der Waals surface area contributed by atoms with Gasteiger partial charge in [0.15, 0.2) is 5.69 Å². The van der Waals surface area contributed by atoms with E-state index in [0.29, 0.717) is 11.0 Å². The van der Waals surface area contributed by atoms with Crippen molar-refractivity contribution in [2.45, 2.75) is 25.7 Å². The molecule has 2 heterocycles. The van der Waals surface area contributed by atoms with Crippen LogP contribution < -0.4 is 15.8 Å². The molecule has 12 heteroatoms. The Labute approximate surface area is 173 Å². The van der Waals surface area contributed by atoms with Crippen molar-refractivity contribution in [3.8, 4) is 5.75 Å². The number of aliphatic hydroxyl groups excluding tert-OH is 1. The Bertz CT molecular complexity index is 1140. The second-order valence-electron chi connectivity index (χ2n) is 6.77. The van der Waals surface area contributed by atoms with E-state index in [-0.39, 0.29) is 22.6 Å². The number of primary amides is 1. The first-order valence-corrected chi connectivity index (χ1v) is 8.98. The lowest BCUT2D eigenvalue weighted by atomic mass is 10.1. The van der Waals surface area contributed by atoms with Crippen LogP contribution in [0.25, 0.3) is 11.0 Å². The number of halogens is 3. The fraction of sp³-hybridized carbons (Fsp3) is 0.316. The maximum Gasteiger partial charge on any atom is 0.435 e. The number of ether oxygens (including phenoxy) is 1. The van der Waals surface area contributed by atoms with E-state index in [4.69, 9.17) is 14.9 Å². The Kier molecular flexibility index (Phi) is 5.93. The number of carbonyl (C=O) groups is 2. The Hall–Kier alpha value is -3.54. The fourth-order valence-electron chi connectivity index (χ4n) is 3.05. The number of aliphatic hydroxyl groups is 1. The predicted molar refractivity (Wildman–Crippen MR) is 101 cm³/mol. The predicted octanol–water partition coefficient (Wildman–Crippen LogP) is 1.65. The fourth-order valence-corrected chi connectivity index (χ4v) is 3.05. The van der Waals surface area contributed by atoms with Gasteiger partial charge in [-0.3, -0.25) is 14.3 Å². The minimum atomic E-state index is -4.62. The van der Waals surface area contributed by atoms with Gasteiger partial charge in [-0.05, 0) is 25.1 Å². The average molecular weight is 440 g/mol. The molecule has 166 valence electrons. The van der Waals surface area contributed by atoms with Gasteiger partial charge in [0.2, 0.25) is 5.91 Å². The minimum Gasteiger partial charge on any atom is -0.489 e. The maximum atomic E-state index is 13.1. The third-order valence-corrected chi connectivity index (χ3v) is 4.46. The van der Waals surface area contributed by atoms with Crippen LogP contribution in [0.15, 0.2) is 28.8 Å². The molecule has 0 unspecified atom stereocenters. The van der Waals surface area contributed by atoms with Crippen molar-refractivity contribution < 1.29 is 37.0 Å². The minimum absolute atomic E-state index is 0.0810. The maximum absolute atomic E-state index is 13.1. The van der Waals surface area contributed by atoms with Crippen molar-refractivity contribution in [3.63, 3.8) is 0 Å². The number of amides is 2. The third-order valence-electron chi connectivity index (χ3n) is 4.46. The lowest BCUT2D eigenvalue weighted by Gasteiger charge is -2.12. The summed E-state index contributed by atoms with van der Waals surface area (Å²) in [5.41, 5.74) is 4.33. The van der Waals surface area contributed by atoms with E-state index in [2.05, 4.69) is 10.4 Å². The molecule has 31 heavy (non-hydrogen) atoms. The van der Waals surface area contributed by atoms with Gasteiger partial charge in [-0.15, -0.1) is 0 Å². The molecule has 1 atom stereocenters. The third kappa shape index (κ3) is 4.63. The van der Waals surface area contributed by atoms with E-state index in [1.54, 1.807) is 0 Å². The normalized spacial score (nSPS) is 12.7. The van der Waals surface area contributed by atoms with Crippen molar-refractivity contribution in [3.05, 3.63) is 47.0 Å². The van der Waals surface area contributed by atoms with Crippen LogP contribution in [0.1, 0.15) is 27.4 Å². The molecule has 3 aromatic rings. The number of rotatable bonds is 7. The molecule has 0 aliphatic carbocycles. The van der Waals surface area contributed by atoms with Crippen molar-refractivity contribution >= 4 is 22.8 Å². The SMILES string of the molecule is Cc1oc2ccc(OCc3cn(C)nc3C(F)(F)F)cc2c1C(=O)N[C@@H](CO)C(N)=O. The lowest BCUT2D eigenvalue weighted by Crippen LogP contribution is -2.46. The van der Waals surface area contributed by atoms with Crippen LogP contribution in [0.4, 0.5) is 13.2 Å². The number of fused-ring (bicyclic) bond motifs is 1. The summed E-state index contributed by atoms with van der Waals surface area (Å²) in [5.74, 6) is -1.20. The first-order chi connectivity index (χ1) is 14.5. The van der Waals surface area contributed by atoms with Crippen LogP contribution in [-0.2, 0) is 24.6 Å². The van der Waals surface area contributed by atoms with E-state index in [9.17, 15) is 27.9 Å². The summed E-state index contributed by atoms with van der Waals surface area (Å²) in [7, 11) is 1.37. The number of nitrogens with one attached hydrogen (secondary N) is 1. The van der Waals surface area contributed by atoms with E-state index < -0.39 is 42.9 Å². The van der Waals surface area contributed by atoms with Crippen molar-refractivity contribution in [2.75, 3.05) is 6.61 Å². The number of furan rings is 1. The van der Waals surface area contributed by atoms with Gasteiger partial charge in [-0.1, -0.05) is 0 Å². The highest BCUT2D eigenvalue weighted by atomic mass is 19.4. The average Bonchev–Trinajstić information content (AvgIpc) is 3.22. The monoisotopic (exact) mass is 440 g/mol. The first kappa shape index (κ1) is 22.2. The molecule has 1 aromatic carbocycles. The number of benzene rings is 1.